The highest BCUT2D eigenvalue weighted by atomic mass is 127. The highest BCUT2D eigenvalue weighted by molar-refractivity contribution is 14.0. The predicted molar refractivity (Wildman–Crippen MR) is 95.5 cm³/mol. The van der Waals surface area contributed by atoms with Gasteiger partial charge in [-0.1, -0.05) is 13.0 Å². The molecule has 1 saturated heterocycles. The van der Waals surface area contributed by atoms with E-state index in [1.54, 1.807) is 13.1 Å². The van der Waals surface area contributed by atoms with E-state index in [-0.39, 0.29) is 30.0 Å². The van der Waals surface area contributed by atoms with Gasteiger partial charge in [0.1, 0.15) is 11.6 Å². The summed E-state index contributed by atoms with van der Waals surface area (Å²) in [5, 5.41) is 0. The molecule has 1 heterocycles. The molecule has 1 atom stereocenters. The first-order valence-electron chi connectivity index (χ1n) is 7.23. The van der Waals surface area contributed by atoms with Gasteiger partial charge >= 0.3 is 0 Å². The molecule has 0 radical (unpaired) electrons. The van der Waals surface area contributed by atoms with E-state index in [1.807, 2.05) is 11.8 Å². The molecule has 0 aliphatic carbocycles. The lowest BCUT2D eigenvalue weighted by Crippen LogP contribution is -2.51. The Hall–Kier alpha value is -0.960. The van der Waals surface area contributed by atoms with Crippen LogP contribution in [0.5, 0.6) is 0 Å². The van der Waals surface area contributed by atoms with E-state index in [4.69, 9.17) is 5.73 Å². The molecular weight excluding hydrogens is 401 g/mol. The van der Waals surface area contributed by atoms with Gasteiger partial charge < -0.3 is 10.6 Å². The van der Waals surface area contributed by atoms with Crippen LogP contribution in [0.15, 0.2) is 23.2 Å². The molecule has 1 aromatic carbocycles. The molecule has 4 nitrogen and oxygen atoms in total. The van der Waals surface area contributed by atoms with Crippen LogP contribution in [-0.2, 0) is 0 Å². The van der Waals surface area contributed by atoms with Crippen molar-refractivity contribution in [3.8, 4) is 0 Å². The number of piperazine rings is 1. The average Bonchev–Trinajstić information content (AvgIpc) is 2.50. The highest BCUT2D eigenvalue weighted by Crippen LogP contribution is 2.27. The maximum Gasteiger partial charge on any atom is 0.191 e. The molecule has 22 heavy (non-hydrogen) atoms. The van der Waals surface area contributed by atoms with Gasteiger partial charge in [-0.25, -0.2) is 8.78 Å². The summed E-state index contributed by atoms with van der Waals surface area (Å²) in [5.74, 6) is -0.475. The smallest absolute Gasteiger partial charge is 0.191 e. The number of aliphatic imine (C=N–C) groups is 1. The summed E-state index contributed by atoms with van der Waals surface area (Å²) in [4.78, 5) is 8.22. The molecule has 0 amide bonds. The second kappa shape index (κ2) is 8.61. The molecule has 1 aliphatic heterocycles. The van der Waals surface area contributed by atoms with Crippen molar-refractivity contribution in [2.45, 2.75) is 19.4 Å². The lowest BCUT2D eigenvalue weighted by Gasteiger charge is -2.39. The molecule has 1 aromatic rings. The average molecular weight is 424 g/mol. The fourth-order valence-corrected chi connectivity index (χ4v) is 2.85. The second-order valence-corrected chi connectivity index (χ2v) is 5.19. The summed E-state index contributed by atoms with van der Waals surface area (Å²) in [6.45, 7) is 5.11. The number of guanidine groups is 1. The standard InChI is InChI=1S/C15H22F2N4.HI/c1-3-14(12-5-4-11(16)10-13(12)17)20-6-8-21(9-7-20)15(18)19-2;/h4-5,10,14H,3,6-9H2,1-2H3,(H2,18,19);1H. The largest absolute Gasteiger partial charge is 0.370 e. The van der Waals surface area contributed by atoms with Gasteiger partial charge in [0.25, 0.3) is 0 Å². The molecule has 1 aliphatic rings. The summed E-state index contributed by atoms with van der Waals surface area (Å²) in [6, 6.07) is 3.79. The van der Waals surface area contributed by atoms with Gasteiger partial charge in [0.05, 0.1) is 0 Å². The first kappa shape index (κ1) is 19.1. The monoisotopic (exact) mass is 424 g/mol. The van der Waals surface area contributed by atoms with Crippen LogP contribution in [0, 0.1) is 11.6 Å². The summed E-state index contributed by atoms with van der Waals surface area (Å²) in [5.41, 5.74) is 6.37. The van der Waals surface area contributed by atoms with E-state index in [1.165, 1.54) is 6.07 Å². The topological polar surface area (TPSA) is 44.9 Å². The third-order valence-corrected chi connectivity index (χ3v) is 4.02. The van der Waals surface area contributed by atoms with Gasteiger partial charge in [-0.15, -0.1) is 24.0 Å². The molecule has 0 aromatic heterocycles. The molecule has 0 saturated carbocycles. The molecule has 1 unspecified atom stereocenters. The Morgan fingerprint density at radius 3 is 2.41 bits per heavy atom. The summed E-state index contributed by atoms with van der Waals surface area (Å²) in [6.07, 6.45) is 0.778. The number of halogens is 3. The van der Waals surface area contributed by atoms with Crippen LogP contribution in [-0.4, -0.2) is 49.0 Å². The Morgan fingerprint density at radius 1 is 1.27 bits per heavy atom. The quantitative estimate of drug-likeness (QED) is 0.461. The van der Waals surface area contributed by atoms with Crippen molar-refractivity contribution in [1.29, 1.82) is 0 Å². The van der Waals surface area contributed by atoms with Gasteiger partial charge in [-0.2, -0.15) is 0 Å². The predicted octanol–water partition coefficient (Wildman–Crippen LogP) is 2.60. The van der Waals surface area contributed by atoms with Crippen LogP contribution < -0.4 is 5.73 Å². The normalized spacial score (nSPS) is 18.0. The molecule has 1 fully saturated rings. The number of nitrogens with two attached hydrogens (primary N) is 1. The Bertz CT molecular complexity index is 516. The van der Waals surface area contributed by atoms with Crippen molar-refractivity contribution in [3.05, 3.63) is 35.4 Å². The minimum Gasteiger partial charge on any atom is -0.370 e. The van der Waals surface area contributed by atoms with Gasteiger partial charge in [0, 0.05) is 50.9 Å². The number of benzene rings is 1. The maximum absolute atomic E-state index is 14.0. The van der Waals surface area contributed by atoms with E-state index < -0.39 is 11.6 Å². The van der Waals surface area contributed by atoms with E-state index >= 15 is 0 Å². The Labute approximate surface area is 147 Å². The zero-order chi connectivity index (χ0) is 15.4. The zero-order valence-electron chi connectivity index (χ0n) is 12.9. The Balaban J connectivity index is 0.00000242. The molecule has 0 spiro atoms. The third kappa shape index (κ3) is 4.28. The van der Waals surface area contributed by atoms with Gasteiger partial charge in [0.15, 0.2) is 5.96 Å². The first-order chi connectivity index (χ1) is 10.1. The Morgan fingerprint density at radius 2 is 1.91 bits per heavy atom. The maximum atomic E-state index is 14.0. The number of hydrogen-bond acceptors (Lipinski definition) is 2. The highest BCUT2D eigenvalue weighted by Gasteiger charge is 2.26. The molecule has 2 N–H and O–H groups in total. The Kier molecular flexibility index (Phi) is 7.47. The van der Waals surface area contributed by atoms with Crippen molar-refractivity contribution in [3.63, 3.8) is 0 Å². The molecule has 0 bridgehead atoms. The fourth-order valence-electron chi connectivity index (χ4n) is 2.85. The SMILES string of the molecule is CCC(c1ccc(F)cc1F)N1CCN(C(N)=NC)CC1.I. The van der Waals surface area contributed by atoms with E-state index in [9.17, 15) is 8.78 Å². The minimum atomic E-state index is -0.539. The van der Waals surface area contributed by atoms with Gasteiger partial charge in [0.2, 0.25) is 0 Å². The first-order valence-corrected chi connectivity index (χ1v) is 7.23. The number of hydrogen-bond donors (Lipinski definition) is 1. The van der Waals surface area contributed by atoms with Crippen LogP contribution >= 0.6 is 24.0 Å². The van der Waals surface area contributed by atoms with Crippen molar-refractivity contribution in [2.75, 3.05) is 33.2 Å². The summed E-state index contributed by atoms with van der Waals surface area (Å²) in [7, 11) is 1.67. The molecule has 124 valence electrons. The van der Waals surface area contributed by atoms with E-state index in [0.717, 1.165) is 38.7 Å². The molecular formula is C15H23F2IN4. The van der Waals surface area contributed by atoms with Gasteiger partial charge in [-0.05, 0) is 12.5 Å². The van der Waals surface area contributed by atoms with Crippen LogP contribution in [0.2, 0.25) is 0 Å². The summed E-state index contributed by atoms with van der Waals surface area (Å²) >= 11 is 0. The van der Waals surface area contributed by atoms with Crippen molar-refractivity contribution < 1.29 is 8.78 Å². The second-order valence-electron chi connectivity index (χ2n) is 5.19. The van der Waals surface area contributed by atoms with Crippen molar-refractivity contribution in [1.82, 2.24) is 9.80 Å². The van der Waals surface area contributed by atoms with Crippen LogP contribution in [0.25, 0.3) is 0 Å². The number of nitrogens with zero attached hydrogens (tertiary/aromatic N) is 3. The van der Waals surface area contributed by atoms with Crippen LogP contribution in [0.1, 0.15) is 24.9 Å². The molecule has 7 heteroatoms. The third-order valence-electron chi connectivity index (χ3n) is 4.02. The van der Waals surface area contributed by atoms with Crippen LogP contribution in [0.3, 0.4) is 0 Å². The fraction of sp³-hybridized carbons (Fsp3) is 0.533. The van der Waals surface area contributed by atoms with Gasteiger partial charge in [-0.3, -0.25) is 9.89 Å². The zero-order valence-corrected chi connectivity index (χ0v) is 15.3. The van der Waals surface area contributed by atoms with Crippen molar-refractivity contribution >= 4 is 29.9 Å². The van der Waals surface area contributed by atoms with E-state index in [0.29, 0.717) is 11.5 Å². The summed E-state index contributed by atoms with van der Waals surface area (Å²) < 4.78 is 27.0. The lowest BCUT2D eigenvalue weighted by atomic mass is 10.0. The van der Waals surface area contributed by atoms with Crippen LogP contribution in [0.4, 0.5) is 8.78 Å². The minimum absolute atomic E-state index is 0. The number of rotatable bonds is 3. The van der Waals surface area contributed by atoms with Crippen molar-refractivity contribution in [2.24, 2.45) is 10.7 Å². The lowest BCUT2D eigenvalue weighted by molar-refractivity contribution is 0.126. The molecule has 2 rings (SSSR count). The van der Waals surface area contributed by atoms with E-state index in [2.05, 4.69) is 9.89 Å².